The van der Waals surface area contributed by atoms with Crippen molar-refractivity contribution in [2.75, 3.05) is 26.2 Å². The number of aliphatic hydroxyl groups excluding tert-OH is 6. The zero-order chi connectivity index (χ0) is 81.4. The summed E-state index contributed by atoms with van der Waals surface area (Å²) in [5, 5.41) is 89.3. The fraction of sp³-hybridized carbons (Fsp3) is 0.710. The minimum absolute atomic E-state index is 0.0123. The van der Waals surface area contributed by atoms with Gasteiger partial charge < -0.3 is 133 Å². The summed E-state index contributed by atoms with van der Waals surface area (Å²) in [6.07, 6.45) is -16.1. The Morgan fingerprint density at radius 1 is 0.426 bits per heavy atom. The number of nitrogens with zero attached hydrogens (tertiary/aromatic N) is 3. The van der Waals surface area contributed by atoms with Crippen molar-refractivity contribution in [3.63, 3.8) is 0 Å². The van der Waals surface area contributed by atoms with Crippen LogP contribution in [0.15, 0.2) is 45.3 Å². The lowest BCUT2D eigenvalue weighted by molar-refractivity contribution is -0.218. The molecule has 0 aliphatic carbocycles. The van der Waals surface area contributed by atoms with Crippen molar-refractivity contribution in [1.82, 2.24) is 53.2 Å². The second-order valence-corrected chi connectivity index (χ2v) is 28.7. The largest absolute Gasteiger partial charge is 0.388 e. The molecule has 39 nitrogen and oxygen atoms in total. The first-order valence-electron chi connectivity index (χ1n) is 36.5. The van der Waals surface area contributed by atoms with Crippen molar-refractivity contribution in [1.29, 1.82) is 0 Å². The van der Waals surface area contributed by atoms with E-state index in [0.29, 0.717) is 5.56 Å². The number of aliphatic imine (C=N–C) groups is 3. The van der Waals surface area contributed by atoms with E-state index >= 15 is 9.59 Å². The van der Waals surface area contributed by atoms with Crippen LogP contribution in [0.5, 0.6) is 0 Å². The van der Waals surface area contributed by atoms with E-state index in [1.165, 1.54) is 13.8 Å². The molecular weight excluding hydrogens is 1410 g/mol. The van der Waals surface area contributed by atoms with Crippen molar-refractivity contribution in [2.45, 2.75) is 262 Å². The minimum atomic E-state index is -1.91. The fourth-order valence-corrected chi connectivity index (χ4v) is 11.9. The fourth-order valence-electron chi connectivity index (χ4n) is 11.9. The van der Waals surface area contributed by atoms with Gasteiger partial charge in [-0.3, -0.25) is 67.7 Å². The number of benzene rings is 1. The summed E-state index contributed by atoms with van der Waals surface area (Å²) in [4.78, 5) is 170. The van der Waals surface area contributed by atoms with Crippen LogP contribution in [-0.4, -0.2) is 255 Å². The molecule has 2 saturated heterocycles. The zero-order valence-corrected chi connectivity index (χ0v) is 63.4. The number of primary amides is 1. The molecule has 0 bridgehead atoms. The van der Waals surface area contributed by atoms with Crippen LogP contribution in [-0.2, 0) is 68.6 Å². The molecule has 0 saturated carbocycles. The van der Waals surface area contributed by atoms with E-state index < -0.39 is 218 Å². The van der Waals surface area contributed by atoms with E-state index in [4.69, 9.17) is 49.6 Å². The van der Waals surface area contributed by atoms with E-state index in [2.05, 4.69) is 68.1 Å². The van der Waals surface area contributed by atoms with Crippen LogP contribution in [0.3, 0.4) is 0 Å². The highest BCUT2D eigenvalue weighted by molar-refractivity contribution is 5.99. The first-order valence-corrected chi connectivity index (χ1v) is 36.5. The molecule has 39 heteroatoms. The van der Waals surface area contributed by atoms with Crippen LogP contribution in [0, 0.1) is 23.7 Å². The van der Waals surface area contributed by atoms with Crippen molar-refractivity contribution < 1.29 is 92.9 Å². The van der Waals surface area contributed by atoms with Crippen molar-refractivity contribution in [2.24, 2.45) is 78.8 Å². The molecule has 2 heterocycles. The summed E-state index contributed by atoms with van der Waals surface area (Å²) in [7, 11) is 0. The molecule has 2 fully saturated rings. The molecule has 108 heavy (non-hydrogen) atoms. The van der Waals surface area contributed by atoms with E-state index in [9.17, 15) is 73.8 Å². The topological polar surface area (TPSA) is 667 Å². The van der Waals surface area contributed by atoms with Gasteiger partial charge in [-0.25, -0.2) is 0 Å². The van der Waals surface area contributed by atoms with Gasteiger partial charge in [-0.2, -0.15) is 0 Å². The van der Waals surface area contributed by atoms with Gasteiger partial charge in [0.15, 0.2) is 17.9 Å². The van der Waals surface area contributed by atoms with Crippen molar-refractivity contribution in [3.05, 3.63) is 35.9 Å². The predicted molar refractivity (Wildman–Crippen MR) is 397 cm³/mol. The number of hydrogen-bond donors (Lipinski definition) is 23. The maximum Gasteiger partial charge on any atom is 0.245 e. The molecule has 2 aliphatic heterocycles. The van der Waals surface area contributed by atoms with Gasteiger partial charge in [0.1, 0.15) is 91.0 Å². The second kappa shape index (κ2) is 46.3. The van der Waals surface area contributed by atoms with E-state index in [-0.39, 0.29) is 108 Å². The SMILES string of the molecule is CC[C@H](C)[C@H](NC(=O)[C@H](CCCN=C(N)N)NC(=O)[C@H](CNC(=O)[C@H](CC(C)C)NC(=O)[C@H](CCCN=C(N)N)NC(=O)C[C@@H]1O[C@@H](C)[C@@H](O)[C@@H](O)[C@@H]1O)NC(=O)[C@H](CC(C)C)NC(=O)[C@H](CCCN=C(N)N)NC(=O)C[C@@H]1O[C@@H](C)[C@@H](O)[C@@H](O)[C@@H]1O)C(=O)N[C@@H](Cc1ccccc1)C(=O)N[C@H](C(N)=O)C(C)C. The number of amides is 11. The van der Waals surface area contributed by atoms with E-state index in [1.54, 1.807) is 85.7 Å². The van der Waals surface area contributed by atoms with Gasteiger partial charge in [-0.05, 0) is 94.4 Å². The van der Waals surface area contributed by atoms with Gasteiger partial charge in [0, 0.05) is 32.6 Å². The Bertz CT molecular complexity index is 3190. The summed E-state index contributed by atoms with van der Waals surface area (Å²) in [5.74, 6) is -12.9. The lowest BCUT2D eigenvalue weighted by Crippen LogP contribution is -2.63. The quantitative estimate of drug-likeness (QED) is 0.0164. The van der Waals surface area contributed by atoms with Crippen LogP contribution < -0.4 is 93.3 Å². The van der Waals surface area contributed by atoms with Crippen molar-refractivity contribution in [3.8, 4) is 0 Å². The molecule has 20 atom stereocenters. The Kier molecular flexibility index (Phi) is 39.9. The molecule has 30 N–H and O–H groups in total. The number of ether oxygens (including phenoxy) is 2. The third kappa shape index (κ3) is 32.0. The molecule has 1 aromatic carbocycles. The van der Waals surface area contributed by atoms with Crippen molar-refractivity contribution >= 4 is 82.9 Å². The maximum absolute atomic E-state index is 15.3. The predicted octanol–water partition coefficient (Wildman–Crippen LogP) is -7.33. The number of carbonyl (C=O) groups excluding carboxylic acids is 11. The lowest BCUT2D eigenvalue weighted by Gasteiger charge is -2.39. The Labute approximate surface area is 629 Å². The van der Waals surface area contributed by atoms with Gasteiger partial charge in [0.2, 0.25) is 65.0 Å². The number of hydrogen-bond acceptors (Lipinski definition) is 22. The number of carbonyl (C=O) groups is 11. The summed E-state index contributed by atoms with van der Waals surface area (Å²) < 4.78 is 11.2. The molecule has 3 rings (SSSR count). The number of guanidine groups is 3. The van der Waals surface area contributed by atoms with Gasteiger partial charge in [0.25, 0.3) is 0 Å². The van der Waals surface area contributed by atoms with E-state index in [0.717, 1.165) is 0 Å². The van der Waals surface area contributed by atoms with E-state index in [1.807, 2.05) is 0 Å². The Morgan fingerprint density at radius 3 is 1.18 bits per heavy atom. The summed E-state index contributed by atoms with van der Waals surface area (Å²) in [6.45, 7) is 15.4. The smallest absolute Gasteiger partial charge is 0.245 e. The van der Waals surface area contributed by atoms with Gasteiger partial charge in [-0.15, -0.1) is 0 Å². The molecule has 1 aromatic rings. The first-order chi connectivity index (χ1) is 50.6. The summed E-state index contributed by atoms with van der Waals surface area (Å²) in [5.41, 5.74) is 39.8. The molecule has 11 amide bonds. The molecular formula is C69H120N20O19. The molecule has 0 spiro atoms. The molecule has 0 radical (unpaired) electrons. The van der Waals surface area contributed by atoms with Crippen LogP contribution in [0.4, 0.5) is 0 Å². The molecule has 610 valence electrons. The highest BCUT2D eigenvalue weighted by atomic mass is 16.5. The summed E-state index contributed by atoms with van der Waals surface area (Å²) in [6, 6.07) is -4.74. The third-order valence-corrected chi connectivity index (χ3v) is 18.2. The average molecular weight is 1530 g/mol. The van der Waals surface area contributed by atoms with Crippen LogP contribution in [0.1, 0.15) is 145 Å². The Balaban J connectivity index is 2.20. The van der Waals surface area contributed by atoms with Gasteiger partial charge >= 0.3 is 0 Å². The zero-order valence-electron chi connectivity index (χ0n) is 63.4. The van der Waals surface area contributed by atoms with Crippen LogP contribution >= 0.6 is 0 Å². The van der Waals surface area contributed by atoms with Crippen LogP contribution in [0.25, 0.3) is 0 Å². The highest BCUT2D eigenvalue weighted by Gasteiger charge is 2.45. The van der Waals surface area contributed by atoms with Gasteiger partial charge in [0.05, 0.1) is 37.3 Å². The number of rotatable bonds is 45. The van der Waals surface area contributed by atoms with Crippen LogP contribution in [0.2, 0.25) is 0 Å². The number of aliphatic hydroxyl groups is 6. The second-order valence-electron chi connectivity index (χ2n) is 28.7. The number of nitrogens with two attached hydrogens (primary N) is 7. The standard InChI is InChI=1S/C69H120N20O19/c1-11-35(8)51(66(106)86-44(28-38-18-13-12-14-19-38)64(104)88-50(34(6)7)58(70)98)89-62(102)41(22-17-25-79-69(75)76)83-65(105)45(87-63(103)43(27-33(4)5)85-61(101)40(21-16-24-78-68(73)74)82-49(91)30-47-55(95)57(97)53(93)37(10)108-47)31-80-59(99)42(26-32(2)3)84-60(100)39(20-15-23-77-67(71)72)81-48(90)29-46-54(94)56(96)52(92)36(9)107-46/h12-14,18-19,32-37,39-47,50-57,92-97H,11,15-17,20-31H2,1-10H3,(H2,70,98)(H,80,99)(H,81,90)(H,82,91)(H,83,105)(H,84,100)(H,85,101)(H,86,106)(H,87,103)(H,88,104)(H,89,102)(H4,71,72,77)(H4,73,74,78)(H4,75,76,79)/t35-,36-,37-,39-,40-,41-,42-,43-,44-,45-,46-,47-,50-,51-,52+,53+,54+,55+,56+,57+/m0/s1. The Hall–Kier alpha value is -9.12. The highest BCUT2D eigenvalue weighted by Crippen LogP contribution is 2.25. The average Bonchev–Trinajstić information content (AvgIpc) is 0.838. The normalized spacial score (nSPS) is 22.6. The monoisotopic (exact) mass is 1530 g/mol. The van der Waals surface area contributed by atoms with Gasteiger partial charge in [-0.1, -0.05) is 92.1 Å². The Morgan fingerprint density at radius 2 is 0.778 bits per heavy atom. The molecule has 2 aliphatic rings. The number of nitrogens with one attached hydrogen (secondary N) is 10. The first kappa shape index (κ1) is 93.1. The summed E-state index contributed by atoms with van der Waals surface area (Å²) >= 11 is 0. The maximum atomic E-state index is 15.3. The lowest BCUT2D eigenvalue weighted by atomic mass is 9.94. The molecule has 0 unspecified atom stereocenters. The third-order valence-electron chi connectivity index (χ3n) is 18.2. The molecule has 0 aromatic heterocycles. The minimum Gasteiger partial charge on any atom is -0.388 e.